The van der Waals surface area contributed by atoms with Gasteiger partial charge in [-0.25, -0.2) is 0 Å². The Labute approximate surface area is 146 Å². The van der Waals surface area contributed by atoms with Crippen LogP contribution in [0.2, 0.25) is 0 Å². The van der Waals surface area contributed by atoms with Crippen LogP contribution in [0.4, 0.5) is 0 Å². The number of rotatable bonds is 11. The van der Waals surface area contributed by atoms with Crippen molar-refractivity contribution < 1.29 is 0 Å². The lowest BCUT2D eigenvalue weighted by atomic mass is 10.0. The van der Waals surface area contributed by atoms with Gasteiger partial charge in [0.25, 0.3) is 0 Å². The lowest BCUT2D eigenvalue weighted by Gasteiger charge is -2.03. The van der Waals surface area contributed by atoms with E-state index in [0.29, 0.717) is 0 Å². The van der Waals surface area contributed by atoms with E-state index in [4.69, 9.17) is 0 Å². The van der Waals surface area contributed by atoms with Gasteiger partial charge in [-0.15, -0.1) is 11.3 Å². The fraction of sp³-hybridized carbons (Fsp3) is 0.571. The molecule has 0 bridgehead atoms. The van der Waals surface area contributed by atoms with Gasteiger partial charge in [0.2, 0.25) is 0 Å². The molecule has 0 radical (unpaired) electrons. The maximum Gasteiger partial charge on any atom is 0.0378 e. The predicted molar refractivity (Wildman–Crippen MR) is 103 cm³/mol. The Hall–Kier alpha value is -1.15. The van der Waals surface area contributed by atoms with Crippen molar-refractivity contribution >= 4 is 11.3 Å². The van der Waals surface area contributed by atoms with Crippen molar-refractivity contribution in [3.05, 3.63) is 41.0 Å². The summed E-state index contributed by atoms with van der Waals surface area (Å²) in [4.78, 5) is 7.22. The van der Waals surface area contributed by atoms with Gasteiger partial charge in [-0.2, -0.15) is 0 Å². The molecule has 2 rings (SSSR count). The van der Waals surface area contributed by atoms with Crippen LogP contribution in [0.3, 0.4) is 0 Å². The fourth-order valence-corrected chi connectivity index (χ4v) is 4.27. The monoisotopic (exact) mass is 329 g/mol. The first-order valence-corrected chi connectivity index (χ1v) is 10.2. The van der Waals surface area contributed by atoms with Gasteiger partial charge in [-0.3, -0.25) is 4.98 Å². The van der Waals surface area contributed by atoms with Gasteiger partial charge in [0.05, 0.1) is 0 Å². The molecule has 0 saturated heterocycles. The maximum atomic E-state index is 4.17. The summed E-state index contributed by atoms with van der Waals surface area (Å²) < 4.78 is 0. The second-order valence-corrected chi connectivity index (χ2v) is 7.56. The third-order valence-electron chi connectivity index (χ3n) is 4.38. The van der Waals surface area contributed by atoms with E-state index in [0.717, 1.165) is 0 Å². The van der Waals surface area contributed by atoms with Crippen molar-refractivity contribution in [3.8, 4) is 10.4 Å². The summed E-state index contributed by atoms with van der Waals surface area (Å²) in [5, 5.41) is 0. The number of unbranched alkanes of at least 4 members (excludes halogenated alkanes) is 6. The molecule has 126 valence electrons. The van der Waals surface area contributed by atoms with Crippen LogP contribution in [-0.2, 0) is 12.8 Å². The van der Waals surface area contributed by atoms with E-state index < -0.39 is 0 Å². The Bertz CT molecular complexity index is 544. The third-order valence-corrected chi connectivity index (χ3v) is 5.67. The molecule has 0 fully saturated rings. The predicted octanol–water partition coefficient (Wildman–Crippen LogP) is 7.06. The lowest BCUT2D eigenvalue weighted by Crippen LogP contribution is -1.87. The zero-order valence-electron chi connectivity index (χ0n) is 14.8. The summed E-state index contributed by atoms with van der Waals surface area (Å²) in [7, 11) is 0. The zero-order valence-corrected chi connectivity index (χ0v) is 15.6. The number of pyridine rings is 1. The summed E-state index contributed by atoms with van der Waals surface area (Å²) in [5.41, 5.74) is 2.90. The molecule has 0 atom stereocenters. The number of aromatic nitrogens is 1. The molecule has 2 aromatic heterocycles. The van der Waals surface area contributed by atoms with Crippen LogP contribution in [-0.4, -0.2) is 4.98 Å². The van der Waals surface area contributed by atoms with Gasteiger partial charge < -0.3 is 0 Å². The Morgan fingerprint density at radius 1 is 0.826 bits per heavy atom. The molecule has 2 heteroatoms. The summed E-state index contributed by atoms with van der Waals surface area (Å²) in [6.45, 7) is 4.56. The molecular formula is C21H31NS. The summed E-state index contributed by atoms with van der Waals surface area (Å²) in [5.74, 6) is 0. The first kappa shape index (κ1) is 18.2. The molecule has 0 aromatic carbocycles. The molecule has 1 nitrogen and oxygen atoms in total. The standard InChI is InChI=1S/C21H31NS/c1-3-5-7-9-11-19-17-20(12-10-8-6-4-2)23-21(19)18-13-15-22-16-14-18/h13-17H,3-12H2,1-2H3. The smallest absolute Gasteiger partial charge is 0.0378 e. The van der Waals surface area contributed by atoms with Gasteiger partial charge in [-0.1, -0.05) is 52.4 Å². The van der Waals surface area contributed by atoms with Gasteiger partial charge in [0.1, 0.15) is 0 Å². The van der Waals surface area contributed by atoms with Crippen molar-refractivity contribution in [2.24, 2.45) is 0 Å². The van der Waals surface area contributed by atoms with Crippen molar-refractivity contribution in [3.63, 3.8) is 0 Å². The molecule has 0 amide bonds. The topological polar surface area (TPSA) is 12.9 Å². The summed E-state index contributed by atoms with van der Waals surface area (Å²) in [6.07, 6.45) is 17.0. The van der Waals surface area contributed by atoms with Gasteiger partial charge in [0.15, 0.2) is 0 Å². The molecule has 0 aliphatic heterocycles. The highest BCUT2D eigenvalue weighted by Gasteiger charge is 2.11. The minimum atomic E-state index is 1.23. The van der Waals surface area contributed by atoms with Crippen LogP contribution in [0.5, 0.6) is 0 Å². The maximum absolute atomic E-state index is 4.17. The highest BCUT2D eigenvalue weighted by Crippen LogP contribution is 2.34. The largest absolute Gasteiger partial charge is 0.265 e. The van der Waals surface area contributed by atoms with Gasteiger partial charge >= 0.3 is 0 Å². The fourth-order valence-electron chi connectivity index (χ4n) is 3.01. The molecule has 0 unspecified atom stereocenters. The molecular weight excluding hydrogens is 298 g/mol. The van der Waals surface area contributed by atoms with E-state index in [1.54, 1.807) is 10.4 Å². The molecule has 23 heavy (non-hydrogen) atoms. The van der Waals surface area contributed by atoms with Crippen molar-refractivity contribution in [1.29, 1.82) is 0 Å². The van der Waals surface area contributed by atoms with Crippen molar-refractivity contribution in [1.82, 2.24) is 4.98 Å². The molecule has 0 aliphatic rings. The minimum absolute atomic E-state index is 1.23. The third kappa shape index (κ3) is 6.10. The number of nitrogens with zero attached hydrogens (tertiary/aromatic N) is 1. The van der Waals surface area contributed by atoms with Crippen molar-refractivity contribution in [2.75, 3.05) is 0 Å². The SMILES string of the molecule is CCCCCCc1cc(CCCCCC)c(-c2ccncc2)s1. The first-order chi connectivity index (χ1) is 11.3. The van der Waals surface area contributed by atoms with Crippen LogP contribution in [0.1, 0.15) is 75.7 Å². The van der Waals surface area contributed by atoms with Crippen LogP contribution < -0.4 is 0 Å². The summed E-state index contributed by atoms with van der Waals surface area (Å²) in [6, 6.07) is 6.79. The normalized spacial score (nSPS) is 11.0. The number of thiophene rings is 1. The molecule has 0 aliphatic carbocycles. The van der Waals surface area contributed by atoms with E-state index in [9.17, 15) is 0 Å². The van der Waals surface area contributed by atoms with Crippen LogP contribution >= 0.6 is 11.3 Å². The first-order valence-electron chi connectivity index (χ1n) is 9.37. The Morgan fingerprint density at radius 3 is 2.13 bits per heavy atom. The Balaban J connectivity index is 2.05. The van der Waals surface area contributed by atoms with Crippen molar-refractivity contribution in [2.45, 2.75) is 78.1 Å². The van der Waals surface area contributed by atoms with Gasteiger partial charge in [0, 0.05) is 22.1 Å². The number of hydrogen-bond acceptors (Lipinski definition) is 2. The minimum Gasteiger partial charge on any atom is -0.265 e. The van der Waals surface area contributed by atoms with E-state index in [-0.39, 0.29) is 0 Å². The Kier molecular flexibility index (Phi) is 8.38. The van der Waals surface area contributed by atoms with Gasteiger partial charge in [-0.05, 0) is 55.0 Å². The highest BCUT2D eigenvalue weighted by molar-refractivity contribution is 7.15. The van der Waals surface area contributed by atoms with Crippen LogP contribution in [0.15, 0.2) is 30.6 Å². The van der Waals surface area contributed by atoms with Crippen LogP contribution in [0, 0.1) is 0 Å². The molecule has 0 spiro atoms. The Morgan fingerprint density at radius 2 is 1.48 bits per heavy atom. The van der Waals surface area contributed by atoms with Crippen LogP contribution in [0.25, 0.3) is 10.4 Å². The number of hydrogen-bond donors (Lipinski definition) is 0. The van der Waals surface area contributed by atoms with E-state index >= 15 is 0 Å². The second-order valence-electron chi connectivity index (χ2n) is 6.42. The average Bonchev–Trinajstić information content (AvgIpc) is 2.99. The highest BCUT2D eigenvalue weighted by atomic mass is 32.1. The molecule has 0 saturated carbocycles. The lowest BCUT2D eigenvalue weighted by molar-refractivity contribution is 0.665. The molecule has 0 N–H and O–H groups in total. The molecule has 2 heterocycles. The van der Waals surface area contributed by atoms with E-state index in [1.165, 1.54) is 74.6 Å². The molecule has 2 aromatic rings. The zero-order chi connectivity index (χ0) is 16.3. The summed E-state index contributed by atoms with van der Waals surface area (Å²) >= 11 is 2.01. The van der Waals surface area contributed by atoms with E-state index in [1.807, 2.05) is 23.7 Å². The average molecular weight is 330 g/mol. The number of aryl methyl sites for hydroxylation is 2. The second kappa shape index (κ2) is 10.6. The quantitative estimate of drug-likeness (QED) is 0.402. The van der Waals surface area contributed by atoms with E-state index in [2.05, 4.69) is 37.0 Å².